The lowest BCUT2D eigenvalue weighted by Gasteiger charge is -2.23. The van der Waals surface area contributed by atoms with E-state index in [9.17, 15) is 10.1 Å². The minimum Gasteiger partial charge on any atom is -0.376 e. The average molecular weight is 238 g/mol. The lowest BCUT2D eigenvalue weighted by Crippen LogP contribution is -2.26. The van der Waals surface area contributed by atoms with Crippen LogP contribution in [0.1, 0.15) is 12.8 Å². The molecular formula is C11H14N2O2S. The van der Waals surface area contributed by atoms with Crippen LogP contribution < -0.4 is 5.32 Å². The fourth-order valence-corrected chi connectivity index (χ4v) is 2.90. The fraction of sp³-hybridized carbons (Fsp3) is 0.455. The molecule has 5 heteroatoms. The van der Waals surface area contributed by atoms with Crippen molar-refractivity contribution >= 4 is 23.1 Å². The summed E-state index contributed by atoms with van der Waals surface area (Å²) in [5, 5.41) is 14.1. The number of rotatable bonds is 3. The van der Waals surface area contributed by atoms with Crippen LogP contribution in [0.5, 0.6) is 0 Å². The van der Waals surface area contributed by atoms with E-state index in [2.05, 4.69) is 5.32 Å². The van der Waals surface area contributed by atoms with E-state index in [1.165, 1.54) is 18.2 Å². The summed E-state index contributed by atoms with van der Waals surface area (Å²) in [6, 6.07) is 7.19. The maximum Gasteiger partial charge on any atom is 0.292 e. The first kappa shape index (κ1) is 11.3. The van der Waals surface area contributed by atoms with Gasteiger partial charge in [-0.25, -0.2) is 0 Å². The molecule has 0 amide bonds. The van der Waals surface area contributed by atoms with Gasteiger partial charge < -0.3 is 5.32 Å². The molecule has 0 radical (unpaired) electrons. The quantitative estimate of drug-likeness (QED) is 0.650. The second kappa shape index (κ2) is 5.21. The first-order valence-corrected chi connectivity index (χ1v) is 6.50. The molecule has 0 bridgehead atoms. The number of thioether (sulfide) groups is 1. The Morgan fingerprint density at radius 1 is 1.44 bits per heavy atom. The summed E-state index contributed by atoms with van der Waals surface area (Å²) in [6.07, 6.45) is 2.28. The third kappa shape index (κ3) is 2.66. The van der Waals surface area contributed by atoms with Crippen LogP contribution >= 0.6 is 11.8 Å². The number of para-hydroxylation sites is 2. The molecule has 16 heavy (non-hydrogen) atoms. The molecule has 1 saturated heterocycles. The Kier molecular flexibility index (Phi) is 3.66. The van der Waals surface area contributed by atoms with Gasteiger partial charge >= 0.3 is 0 Å². The summed E-state index contributed by atoms with van der Waals surface area (Å²) in [7, 11) is 0. The third-order valence-corrected chi connectivity index (χ3v) is 3.84. The number of nitro groups is 1. The van der Waals surface area contributed by atoms with Gasteiger partial charge in [-0.05, 0) is 24.7 Å². The molecule has 1 aromatic carbocycles. The highest BCUT2D eigenvalue weighted by Gasteiger charge is 2.18. The molecule has 1 aromatic rings. The highest BCUT2D eigenvalue weighted by atomic mass is 32.2. The summed E-state index contributed by atoms with van der Waals surface area (Å²) in [4.78, 5) is 10.5. The van der Waals surface area contributed by atoms with E-state index < -0.39 is 0 Å². The molecule has 86 valence electrons. The zero-order chi connectivity index (χ0) is 11.4. The van der Waals surface area contributed by atoms with Crippen LogP contribution in [0, 0.1) is 10.1 Å². The molecule has 1 unspecified atom stereocenters. The molecule has 1 N–H and O–H groups in total. The topological polar surface area (TPSA) is 55.2 Å². The molecule has 2 rings (SSSR count). The lowest BCUT2D eigenvalue weighted by atomic mass is 10.1. The van der Waals surface area contributed by atoms with Crippen LogP contribution in [0.2, 0.25) is 0 Å². The molecule has 1 aliphatic rings. The van der Waals surface area contributed by atoms with Crippen LogP contribution in [0.15, 0.2) is 24.3 Å². The second-order valence-corrected chi connectivity index (χ2v) is 4.98. The van der Waals surface area contributed by atoms with E-state index in [1.54, 1.807) is 12.1 Å². The Labute approximate surface area is 98.6 Å². The van der Waals surface area contributed by atoms with Gasteiger partial charge in [-0.2, -0.15) is 11.8 Å². The molecule has 0 aliphatic carbocycles. The maximum absolute atomic E-state index is 10.8. The van der Waals surface area contributed by atoms with Gasteiger partial charge in [-0.1, -0.05) is 12.1 Å². The molecular weight excluding hydrogens is 224 g/mol. The standard InChI is InChI=1S/C11H14N2O2S/c14-13(15)11-6-2-1-5-10(11)12-9-4-3-7-16-8-9/h1-2,5-6,9,12H,3-4,7-8H2. The van der Waals surface area contributed by atoms with Crippen LogP contribution in [-0.4, -0.2) is 22.5 Å². The molecule has 0 saturated carbocycles. The second-order valence-electron chi connectivity index (χ2n) is 3.83. The average Bonchev–Trinajstić information content (AvgIpc) is 2.31. The molecule has 0 aromatic heterocycles. The molecule has 4 nitrogen and oxygen atoms in total. The minimum absolute atomic E-state index is 0.165. The summed E-state index contributed by atoms with van der Waals surface area (Å²) >= 11 is 1.90. The summed E-state index contributed by atoms with van der Waals surface area (Å²) in [6.45, 7) is 0. The van der Waals surface area contributed by atoms with Crippen molar-refractivity contribution in [1.29, 1.82) is 0 Å². The first-order valence-electron chi connectivity index (χ1n) is 5.35. The number of benzene rings is 1. The molecule has 0 spiro atoms. The third-order valence-electron chi connectivity index (χ3n) is 2.62. The Morgan fingerprint density at radius 2 is 2.25 bits per heavy atom. The SMILES string of the molecule is O=[N+]([O-])c1ccccc1NC1CCCSC1. The number of nitrogens with one attached hydrogen (secondary N) is 1. The largest absolute Gasteiger partial charge is 0.376 e. The van der Waals surface area contributed by atoms with E-state index in [4.69, 9.17) is 0 Å². The fourth-order valence-electron chi connectivity index (χ4n) is 1.83. The van der Waals surface area contributed by atoms with Crippen molar-refractivity contribution in [2.24, 2.45) is 0 Å². The smallest absolute Gasteiger partial charge is 0.292 e. The monoisotopic (exact) mass is 238 g/mol. The first-order chi connectivity index (χ1) is 7.77. The molecule has 1 atom stereocenters. The highest BCUT2D eigenvalue weighted by molar-refractivity contribution is 7.99. The summed E-state index contributed by atoms with van der Waals surface area (Å²) in [5.74, 6) is 2.24. The zero-order valence-electron chi connectivity index (χ0n) is 8.89. The Bertz CT molecular complexity index is 378. The van der Waals surface area contributed by atoms with Gasteiger partial charge in [0.1, 0.15) is 5.69 Å². The number of nitrogens with zero attached hydrogens (tertiary/aromatic N) is 1. The molecule has 1 fully saturated rings. The maximum atomic E-state index is 10.8. The van der Waals surface area contributed by atoms with E-state index in [0.29, 0.717) is 11.7 Å². The predicted molar refractivity (Wildman–Crippen MR) is 67.1 cm³/mol. The van der Waals surface area contributed by atoms with Crippen molar-refractivity contribution in [2.45, 2.75) is 18.9 Å². The van der Waals surface area contributed by atoms with Crippen molar-refractivity contribution < 1.29 is 4.92 Å². The van der Waals surface area contributed by atoms with Gasteiger partial charge in [0.05, 0.1) is 4.92 Å². The van der Waals surface area contributed by atoms with Crippen LogP contribution in [0.4, 0.5) is 11.4 Å². The van der Waals surface area contributed by atoms with Crippen LogP contribution in [-0.2, 0) is 0 Å². The van der Waals surface area contributed by atoms with Crippen molar-refractivity contribution in [3.8, 4) is 0 Å². The van der Waals surface area contributed by atoms with E-state index in [0.717, 1.165) is 12.2 Å². The lowest BCUT2D eigenvalue weighted by molar-refractivity contribution is -0.384. The van der Waals surface area contributed by atoms with E-state index in [-0.39, 0.29) is 10.6 Å². The van der Waals surface area contributed by atoms with Crippen molar-refractivity contribution in [2.75, 3.05) is 16.8 Å². The summed E-state index contributed by atoms with van der Waals surface area (Å²) in [5.41, 5.74) is 0.804. The Morgan fingerprint density at radius 3 is 2.94 bits per heavy atom. The molecule has 1 heterocycles. The Hall–Kier alpha value is -1.23. The van der Waals surface area contributed by atoms with Gasteiger partial charge in [-0.3, -0.25) is 10.1 Å². The van der Waals surface area contributed by atoms with Gasteiger partial charge in [0.25, 0.3) is 5.69 Å². The minimum atomic E-state index is -0.335. The van der Waals surface area contributed by atoms with Gasteiger partial charge in [-0.15, -0.1) is 0 Å². The number of anilines is 1. The number of hydrogen-bond acceptors (Lipinski definition) is 4. The van der Waals surface area contributed by atoms with Crippen molar-refractivity contribution in [1.82, 2.24) is 0 Å². The number of hydrogen-bond donors (Lipinski definition) is 1. The van der Waals surface area contributed by atoms with Crippen molar-refractivity contribution in [3.63, 3.8) is 0 Å². The predicted octanol–water partition coefficient (Wildman–Crippen LogP) is 2.90. The van der Waals surface area contributed by atoms with Crippen LogP contribution in [0.25, 0.3) is 0 Å². The van der Waals surface area contributed by atoms with Gasteiger partial charge in [0.2, 0.25) is 0 Å². The zero-order valence-corrected chi connectivity index (χ0v) is 9.70. The Balaban J connectivity index is 2.10. The summed E-state index contributed by atoms with van der Waals surface area (Å²) < 4.78 is 0. The van der Waals surface area contributed by atoms with E-state index in [1.807, 2.05) is 17.8 Å². The van der Waals surface area contributed by atoms with Crippen LogP contribution in [0.3, 0.4) is 0 Å². The van der Waals surface area contributed by atoms with Gasteiger partial charge in [0.15, 0.2) is 0 Å². The normalized spacial score (nSPS) is 20.4. The van der Waals surface area contributed by atoms with E-state index >= 15 is 0 Å². The number of nitro benzene ring substituents is 1. The highest BCUT2D eigenvalue weighted by Crippen LogP contribution is 2.27. The van der Waals surface area contributed by atoms with Crippen molar-refractivity contribution in [3.05, 3.63) is 34.4 Å². The molecule has 1 aliphatic heterocycles. The van der Waals surface area contributed by atoms with Gasteiger partial charge in [0, 0.05) is 17.9 Å².